The van der Waals surface area contributed by atoms with Gasteiger partial charge < -0.3 is 20.0 Å². The van der Waals surface area contributed by atoms with Crippen LogP contribution in [0.1, 0.15) is 40.4 Å². The Bertz CT molecular complexity index is 750. The fourth-order valence-electron chi connectivity index (χ4n) is 3.04. The molecule has 1 aliphatic rings. The third kappa shape index (κ3) is 4.29. The minimum atomic E-state index is -0.126. The maximum atomic E-state index is 12.1. The molecule has 0 atom stereocenters. The van der Waals surface area contributed by atoms with Crippen molar-refractivity contribution in [3.05, 3.63) is 34.9 Å². The summed E-state index contributed by atoms with van der Waals surface area (Å²) in [5.74, 6) is 2.83. The van der Waals surface area contributed by atoms with E-state index in [-0.39, 0.29) is 5.91 Å². The van der Waals surface area contributed by atoms with E-state index in [4.69, 9.17) is 4.42 Å². The van der Waals surface area contributed by atoms with Crippen molar-refractivity contribution in [1.29, 1.82) is 0 Å². The van der Waals surface area contributed by atoms with Crippen LogP contribution in [0.2, 0.25) is 0 Å². The van der Waals surface area contributed by atoms with Gasteiger partial charge in [-0.3, -0.25) is 4.79 Å². The summed E-state index contributed by atoms with van der Waals surface area (Å²) in [5, 5.41) is 6.07. The van der Waals surface area contributed by atoms with Crippen LogP contribution < -0.4 is 15.5 Å². The lowest BCUT2D eigenvalue weighted by Crippen LogP contribution is -2.29. The third-order valence-electron chi connectivity index (χ3n) is 4.25. The van der Waals surface area contributed by atoms with Crippen LogP contribution in [0, 0.1) is 20.8 Å². The highest BCUT2D eigenvalue weighted by molar-refractivity contribution is 5.95. The van der Waals surface area contributed by atoms with Crippen molar-refractivity contribution in [2.45, 2.75) is 33.6 Å². The smallest absolute Gasteiger partial charge is 0.254 e. The van der Waals surface area contributed by atoms with Gasteiger partial charge in [-0.2, -0.15) is 4.98 Å². The number of amides is 1. The predicted octanol–water partition coefficient (Wildman–Crippen LogP) is 2.44. The topological polar surface area (TPSA) is 83.3 Å². The molecule has 3 heterocycles. The van der Waals surface area contributed by atoms with Gasteiger partial charge in [-0.25, -0.2) is 4.98 Å². The summed E-state index contributed by atoms with van der Waals surface area (Å²) in [4.78, 5) is 23.4. The minimum Gasteiger partial charge on any atom is -0.466 e. The molecule has 0 aromatic carbocycles. The summed E-state index contributed by atoms with van der Waals surface area (Å²) >= 11 is 0. The summed E-state index contributed by atoms with van der Waals surface area (Å²) in [5.41, 5.74) is 1.52. The van der Waals surface area contributed by atoms with Gasteiger partial charge in [0.25, 0.3) is 5.91 Å². The van der Waals surface area contributed by atoms with Crippen molar-refractivity contribution >= 4 is 17.7 Å². The molecule has 0 unspecified atom stereocenters. The molecule has 7 nitrogen and oxygen atoms in total. The molecule has 0 radical (unpaired) electrons. The van der Waals surface area contributed by atoms with E-state index in [0.29, 0.717) is 30.4 Å². The fourth-order valence-corrected chi connectivity index (χ4v) is 3.04. The first-order chi connectivity index (χ1) is 12.0. The highest BCUT2D eigenvalue weighted by atomic mass is 16.3. The molecule has 0 saturated carbocycles. The van der Waals surface area contributed by atoms with Crippen molar-refractivity contribution in [2.24, 2.45) is 0 Å². The Morgan fingerprint density at radius 1 is 1.16 bits per heavy atom. The molecule has 2 aromatic heterocycles. The van der Waals surface area contributed by atoms with Gasteiger partial charge >= 0.3 is 0 Å². The first kappa shape index (κ1) is 17.3. The number of hydrogen-bond donors (Lipinski definition) is 2. The van der Waals surface area contributed by atoms with Gasteiger partial charge in [-0.15, -0.1) is 0 Å². The molecule has 25 heavy (non-hydrogen) atoms. The van der Waals surface area contributed by atoms with Crippen LogP contribution in [0.4, 0.5) is 11.8 Å². The van der Waals surface area contributed by atoms with E-state index in [2.05, 4.69) is 25.5 Å². The Balaban J connectivity index is 1.52. The number of anilines is 2. The number of nitrogens with one attached hydrogen (secondary N) is 2. The molecule has 2 aromatic rings. The summed E-state index contributed by atoms with van der Waals surface area (Å²) in [6.45, 7) is 8.74. The molecule has 1 aliphatic heterocycles. The van der Waals surface area contributed by atoms with Gasteiger partial charge in [-0.05, 0) is 39.7 Å². The van der Waals surface area contributed by atoms with Crippen LogP contribution in [0.25, 0.3) is 0 Å². The molecule has 0 aliphatic carbocycles. The maximum absolute atomic E-state index is 12.1. The summed E-state index contributed by atoms with van der Waals surface area (Å²) < 4.78 is 5.39. The molecular formula is C18H25N5O2. The molecule has 1 amide bonds. The highest BCUT2D eigenvalue weighted by Crippen LogP contribution is 2.19. The van der Waals surface area contributed by atoms with E-state index in [1.54, 1.807) is 13.0 Å². The van der Waals surface area contributed by atoms with E-state index in [1.165, 1.54) is 12.8 Å². The first-order valence-electron chi connectivity index (χ1n) is 8.72. The Morgan fingerprint density at radius 3 is 2.60 bits per heavy atom. The predicted molar refractivity (Wildman–Crippen MR) is 97.2 cm³/mol. The van der Waals surface area contributed by atoms with Gasteiger partial charge in [0.05, 0.1) is 5.56 Å². The van der Waals surface area contributed by atoms with Gasteiger partial charge in [-0.1, -0.05) is 0 Å². The number of furan rings is 1. The third-order valence-corrected chi connectivity index (χ3v) is 4.25. The number of nitrogens with zero attached hydrogens (tertiary/aromatic N) is 3. The van der Waals surface area contributed by atoms with Gasteiger partial charge in [0.2, 0.25) is 5.95 Å². The molecule has 134 valence electrons. The molecule has 7 heteroatoms. The number of rotatable bonds is 6. The van der Waals surface area contributed by atoms with E-state index < -0.39 is 0 Å². The standard InChI is InChI=1S/C18H25N5O2/c1-12-10-16(23-8-4-5-9-23)22-18(21-12)20-7-6-19-17(24)15-11-13(2)25-14(15)3/h10-11H,4-9H2,1-3H3,(H,19,24)(H,20,21,22). The lowest BCUT2D eigenvalue weighted by atomic mass is 10.2. The summed E-state index contributed by atoms with van der Waals surface area (Å²) in [6.07, 6.45) is 2.43. The number of carbonyl (C=O) groups excluding carboxylic acids is 1. The highest BCUT2D eigenvalue weighted by Gasteiger charge is 2.15. The number of hydrogen-bond acceptors (Lipinski definition) is 6. The summed E-state index contributed by atoms with van der Waals surface area (Å²) in [7, 11) is 0. The average Bonchev–Trinajstić information content (AvgIpc) is 3.20. The van der Waals surface area contributed by atoms with Gasteiger partial charge in [0, 0.05) is 37.9 Å². The molecule has 0 spiro atoms. The Labute approximate surface area is 147 Å². The zero-order valence-corrected chi connectivity index (χ0v) is 15.1. The zero-order valence-electron chi connectivity index (χ0n) is 15.1. The maximum Gasteiger partial charge on any atom is 0.254 e. The molecule has 3 rings (SSSR count). The van der Waals surface area contributed by atoms with Crippen LogP contribution in [-0.2, 0) is 0 Å². The minimum absolute atomic E-state index is 0.126. The SMILES string of the molecule is Cc1cc(N2CCCC2)nc(NCCNC(=O)c2cc(C)oc2C)n1. The molecule has 1 saturated heterocycles. The Hall–Kier alpha value is -2.57. The molecule has 2 N–H and O–H groups in total. The Kier molecular flexibility index (Phi) is 5.21. The summed E-state index contributed by atoms with van der Waals surface area (Å²) in [6, 6.07) is 3.77. The largest absolute Gasteiger partial charge is 0.466 e. The van der Waals surface area contributed by atoms with Crippen molar-refractivity contribution in [2.75, 3.05) is 36.4 Å². The quantitative estimate of drug-likeness (QED) is 0.784. The molecular weight excluding hydrogens is 318 g/mol. The average molecular weight is 343 g/mol. The van der Waals surface area contributed by atoms with Crippen molar-refractivity contribution < 1.29 is 9.21 Å². The van der Waals surface area contributed by atoms with E-state index in [9.17, 15) is 4.79 Å². The van der Waals surface area contributed by atoms with E-state index in [1.807, 2.05) is 19.9 Å². The van der Waals surface area contributed by atoms with Crippen molar-refractivity contribution in [3.8, 4) is 0 Å². The van der Waals surface area contributed by atoms with E-state index in [0.717, 1.165) is 30.4 Å². The van der Waals surface area contributed by atoms with Crippen LogP contribution in [-0.4, -0.2) is 42.1 Å². The van der Waals surface area contributed by atoms with E-state index >= 15 is 0 Å². The molecule has 1 fully saturated rings. The second kappa shape index (κ2) is 7.55. The van der Waals surface area contributed by atoms with Crippen LogP contribution in [0.5, 0.6) is 0 Å². The van der Waals surface area contributed by atoms with Crippen LogP contribution >= 0.6 is 0 Å². The molecule has 0 bridgehead atoms. The van der Waals surface area contributed by atoms with Crippen molar-refractivity contribution in [3.63, 3.8) is 0 Å². The van der Waals surface area contributed by atoms with Gasteiger partial charge in [0.15, 0.2) is 0 Å². The zero-order chi connectivity index (χ0) is 17.8. The fraction of sp³-hybridized carbons (Fsp3) is 0.500. The monoisotopic (exact) mass is 343 g/mol. The number of carbonyl (C=O) groups is 1. The van der Waals surface area contributed by atoms with Gasteiger partial charge in [0.1, 0.15) is 17.3 Å². The first-order valence-corrected chi connectivity index (χ1v) is 8.72. The normalized spacial score (nSPS) is 14.0. The lowest BCUT2D eigenvalue weighted by molar-refractivity contribution is 0.0953. The second-order valence-corrected chi connectivity index (χ2v) is 6.39. The Morgan fingerprint density at radius 2 is 1.92 bits per heavy atom. The number of aryl methyl sites for hydroxylation is 3. The van der Waals surface area contributed by atoms with Crippen LogP contribution in [0.3, 0.4) is 0 Å². The van der Waals surface area contributed by atoms with Crippen molar-refractivity contribution in [1.82, 2.24) is 15.3 Å². The number of aromatic nitrogens is 2. The lowest BCUT2D eigenvalue weighted by Gasteiger charge is -2.17. The van der Waals surface area contributed by atoms with Crippen LogP contribution in [0.15, 0.2) is 16.5 Å². The second-order valence-electron chi connectivity index (χ2n) is 6.39.